The molecule has 5 heteroatoms. The number of aliphatic hydroxyl groups is 1. The van der Waals surface area contributed by atoms with Crippen molar-refractivity contribution in [3.63, 3.8) is 0 Å². The molecule has 1 amide bonds. The van der Waals surface area contributed by atoms with Gasteiger partial charge < -0.3 is 14.9 Å². The third-order valence-electron chi connectivity index (χ3n) is 4.67. The molecule has 1 aromatic carbocycles. The predicted molar refractivity (Wildman–Crippen MR) is 93.7 cm³/mol. The highest BCUT2D eigenvalue weighted by atomic mass is 16.3. The second-order valence-electron chi connectivity index (χ2n) is 6.53. The number of hydrogen-bond acceptors (Lipinski definition) is 4. The van der Waals surface area contributed by atoms with Gasteiger partial charge in [0.25, 0.3) is 0 Å². The van der Waals surface area contributed by atoms with Crippen LogP contribution in [0.15, 0.2) is 30.3 Å². The van der Waals surface area contributed by atoms with Crippen LogP contribution in [-0.4, -0.2) is 54.5 Å². The molecule has 0 radical (unpaired) electrons. The van der Waals surface area contributed by atoms with E-state index in [1.54, 1.807) is 6.08 Å². The van der Waals surface area contributed by atoms with Gasteiger partial charge in [0, 0.05) is 38.3 Å². The van der Waals surface area contributed by atoms with Gasteiger partial charge in [-0.05, 0) is 42.5 Å². The van der Waals surface area contributed by atoms with Crippen molar-refractivity contribution < 1.29 is 14.7 Å². The highest BCUT2D eigenvalue weighted by Gasteiger charge is 2.28. The van der Waals surface area contributed by atoms with Crippen molar-refractivity contribution in [1.29, 1.82) is 0 Å². The molecule has 1 heterocycles. The van der Waals surface area contributed by atoms with E-state index in [1.165, 1.54) is 18.9 Å². The quantitative estimate of drug-likeness (QED) is 0.808. The highest BCUT2D eigenvalue weighted by Crippen LogP contribution is 2.33. The summed E-state index contributed by atoms with van der Waals surface area (Å²) in [5, 5.41) is 8.83. The number of carbonyl (C=O) groups is 2. The monoisotopic (exact) mass is 328 g/mol. The summed E-state index contributed by atoms with van der Waals surface area (Å²) < 4.78 is 0. The molecule has 0 aromatic heterocycles. The van der Waals surface area contributed by atoms with Crippen molar-refractivity contribution in [1.82, 2.24) is 4.90 Å². The maximum atomic E-state index is 12.2. The summed E-state index contributed by atoms with van der Waals surface area (Å²) >= 11 is 0. The number of anilines is 1. The Balaban J connectivity index is 1.62. The van der Waals surface area contributed by atoms with Gasteiger partial charge in [-0.2, -0.15) is 0 Å². The van der Waals surface area contributed by atoms with Gasteiger partial charge in [0.15, 0.2) is 5.78 Å². The Bertz CT molecular complexity index is 629. The van der Waals surface area contributed by atoms with Gasteiger partial charge in [-0.15, -0.1) is 0 Å². The predicted octanol–water partition coefficient (Wildman–Crippen LogP) is 1.71. The molecule has 2 aliphatic rings. The lowest BCUT2D eigenvalue weighted by Crippen LogP contribution is -2.49. The molecule has 0 unspecified atom stereocenters. The van der Waals surface area contributed by atoms with Crippen LogP contribution in [0.3, 0.4) is 0 Å². The maximum Gasteiger partial charge on any atom is 0.222 e. The summed E-state index contributed by atoms with van der Waals surface area (Å²) in [6.45, 7) is 2.63. The van der Waals surface area contributed by atoms with Gasteiger partial charge >= 0.3 is 0 Å². The van der Waals surface area contributed by atoms with Crippen LogP contribution >= 0.6 is 0 Å². The van der Waals surface area contributed by atoms with E-state index in [4.69, 9.17) is 5.11 Å². The van der Waals surface area contributed by atoms with Gasteiger partial charge in [-0.3, -0.25) is 9.59 Å². The molecule has 5 nitrogen and oxygen atoms in total. The first-order valence-electron chi connectivity index (χ1n) is 8.61. The number of rotatable bonds is 6. The molecule has 1 aliphatic heterocycles. The van der Waals surface area contributed by atoms with Crippen molar-refractivity contribution in [2.45, 2.75) is 19.3 Å². The normalized spacial score (nSPS) is 18.2. The molecule has 1 saturated heterocycles. The first-order valence-corrected chi connectivity index (χ1v) is 8.61. The number of amides is 1. The van der Waals surface area contributed by atoms with Crippen LogP contribution in [-0.2, 0) is 9.59 Å². The van der Waals surface area contributed by atoms with Crippen LogP contribution in [0.5, 0.6) is 0 Å². The average molecular weight is 328 g/mol. The fourth-order valence-electron chi connectivity index (χ4n) is 3.05. The Labute approximate surface area is 142 Å². The lowest BCUT2D eigenvalue weighted by atomic mass is 10.1. The topological polar surface area (TPSA) is 60.9 Å². The van der Waals surface area contributed by atoms with E-state index in [0.717, 1.165) is 37.4 Å². The summed E-state index contributed by atoms with van der Waals surface area (Å²) in [5.41, 5.74) is 2.02. The zero-order valence-corrected chi connectivity index (χ0v) is 13.9. The smallest absolute Gasteiger partial charge is 0.222 e. The fraction of sp³-hybridized carbons (Fsp3) is 0.474. The molecule has 2 fully saturated rings. The van der Waals surface area contributed by atoms with Crippen LogP contribution in [0.4, 0.5) is 5.69 Å². The third-order valence-corrected chi connectivity index (χ3v) is 4.67. The lowest BCUT2D eigenvalue weighted by Gasteiger charge is -2.37. The van der Waals surface area contributed by atoms with Crippen LogP contribution < -0.4 is 4.90 Å². The molecule has 3 rings (SSSR count). The van der Waals surface area contributed by atoms with Crippen molar-refractivity contribution in [3.05, 3.63) is 35.9 Å². The number of piperazine rings is 1. The molecule has 128 valence electrons. The van der Waals surface area contributed by atoms with Crippen molar-refractivity contribution in [2.24, 2.45) is 5.92 Å². The standard InChI is InChI=1S/C19H24N2O3/c22-14-17(23)8-7-16-3-1-2-4-18(16)20-9-11-21(12-10-20)19(24)13-15-5-6-15/h1-4,7-8,15,22H,5-6,9-14H2/b8-7+. The summed E-state index contributed by atoms with van der Waals surface area (Å²) in [6.07, 6.45) is 6.28. The average Bonchev–Trinajstić information content (AvgIpc) is 3.44. The zero-order chi connectivity index (χ0) is 16.9. The number of para-hydroxylation sites is 1. The minimum atomic E-state index is -0.472. The summed E-state index contributed by atoms with van der Waals surface area (Å²) in [7, 11) is 0. The fourth-order valence-corrected chi connectivity index (χ4v) is 3.05. The van der Waals surface area contributed by atoms with Crippen molar-refractivity contribution >= 4 is 23.5 Å². The van der Waals surface area contributed by atoms with E-state index in [9.17, 15) is 9.59 Å². The number of aliphatic hydroxyl groups excluding tert-OH is 1. The van der Waals surface area contributed by atoms with Gasteiger partial charge in [-0.1, -0.05) is 18.2 Å². The lowest BCUT2D eigenvalue weighted by molar-refractivity contribution is -0.131. The Morgan fingerprint density at radius 1 is 1.12 bits per heavy atom. The Morgan fingerprint density at radius 2 is 1.83 bits per heavy atom. The number of ketones is 1. The molecule has 0 bridgehead atoms. The first kappa shape index (κ1) is 16.7. The largest absolute Gasteiger partial charge is 0.388 e. The zero-order valence-electron chi connectivity index (χ0n) is 13.9. The molecule has 1 saturated carbocycles. The Morgan fingerprint density at radius 3 is 2.50 bits per heavy atom. The highest BCUT2D eigenvalue weighted by molar-refractivity contribution is 5.95. The van der Waals surface area contributed by atoms with Crippen molar-refractivity contribution in [2.75, 3.05) is 37.7 Å². The SMILES string of the molecule is O=C(/C=C/c1ccccc1N1CCN(C(=O)CC2CC2)CC1)CO. The third kappa shape index (κ3) is 4.23. The van der Waals surface area contributed by atoms with Gasteiger partial charge in [0.2, 0.25) is 5.91 Å². The number of nitrogens with zero attached hydrogens (tertiary/aromatic N) is 2. The molecule has 1 aliphatic carbocycles. The van der Waals surface area contributed by atoms with Crippen LogP contribution in [0.2, 0.25) is 0 Å². The molecule has 0 spiro atoms. The van der Waals surface area contributed by atoms with Gasteiger partial charge in [0.1, 0.15) is 6.61 Å². The van der Waals surface area contributed by atoms with Crippen LogP contribution in [0.25, 0.3) is 6.08 Å². The molecule has 1 aromatic rings. The number of carbonyl (C=O) groups excluding carboxylic acids is 2. The maximum absolute atomic E-state index is 12.2. The first-order chi connectivity index (χ1) is 11.7. The van der Waals surface area contributed by atoms with Crippen molar-refractivity contribution in [3.8, 4) is 0 Å². The molecule has 0 atom stereocenters. The summed E-state index contributed by atoms with van der Waals surface area (Å²) in [4.78, 5) is 27.7. The van der Waals surface area contributed by atoms with Gasteiger partial charge in [0.05, 0.1) is 0 Å². The molecular formula is C19H24N2O3. The van der Waals surface area contributed by atoms with Crippen LogP contribution in [0.1, 0.15) is 24.8 Å². The van der Waals surface area contributed by atoms with E-state index in [0.29, 0.717) is 18.2 Å². The van der Waals surface area contributed by atoms with E-state index in [-0.39, 0.29) is 5.78 Å². The minimum absolute atomic E-state index is 0.291. The molecular weight excluding hydrogens is 304 g/mol. The van der Waals surface area contributed by atoms with E-state index >= 15 is 0 Å². The van der Waals surface area contributed by atoms with E-state index < -0.39 is 6.61 Å². The Hall–Kier alpha value is -2.14. The number of hydrogen-bond donors (Lipinski definition) is 1. The summed E-state index contributed by atoms with van der Waals surface area (Å²) in [6, 6.07) is 7.90. The molecule has 1 N–H and O–H groups in total. The minimum Gasteiger partial charge on any atom is -0.388 e. The van der Waals surface area contributed by atoms with E-state index in [2.05, 4.69) is 4.90 Å². The second kappa shape index (κ2) is 7.62. The second-order valence-corrected chi connectivity index (χ2v) is 6.53. The molecule has 24 heavy (non-hydrogen) atoms. The van der Waals surface area contributed by atoms with Gasteiger partial charge in [-0.25, -0.2) is 0 Å². The number of benzene rings is 1. The van der Waals surface area contributed by atoms with Crippen LogP contribution in [0, 0.1) is 5.92 Å². The van der Waals surface area contributed by atoms with E-state index in [1.807, 2.05) is 29.2 Å². The Kier molecular flexibility index (Phi) is 5.30. The summed E-state index contributed by atoms with van der Waals surface area (Å²) in [5.74, 6) is 0.615.